The molecule has 0 atom stereocenters. The Hall–Kier alpha value is -2.75. The first-order chi connectivity index (χ1) is 9.88. The first-order valence-electron chi connectivity index (χ1n) is 6.39. The summed E-state index contributed by atoms with van der Waals surface area (Å²) in [6, 6.07) is 15.8. The lowest BCUT2D eigenvalue weighted by atomic mass is 10.0. The molecule has 0 unspecified atom stereocenters. The third kappa shape index (κ3) is 2.36. The van der Waals surface area contributed by atoms with Crippen molar-refractivity contribution in [2.24, 2.45) is 10.9 Å². The second kappa shape index (κ2) is 5.48. The normalized spacial score (nSPS) is 11.7. The van der Waals surface area contributed by atoms with Gasteiger partial charge in [0.15, 0.2) is 0 Å². The summed E-state index contributed by atoms with van der Waals surface area (Å²) in [6.45, 7) is 0. The largest absolute Gasteiger partial charge is 0.323 e. The fraction of sp³-hybridized carbons (Fsp3) is 0.0625. The van der Waals surface area contributed by atoms with E-state index in [1.807, 2.05) is 48.7 Å². The Morgan fingerprint density at radius 2 is 1.80 bits per heavy atom. The molecule has 0 aliphatic rings. The van der Waals surface area contributed by atoms with Crippen LogP contribution in [0.15, 0.2) is 66.0 Å². The van der Waals surface area contributed by atoms with Crippen molar-refractivity contribution in [2.45, 2.75) is 6.42 Å². The quantitative estimate of drug-likeness (QED) is 0.448. The molecule has 0 aliphatic carbocycles. The second-order valence-corrected chi connectivity index (χ2v) is 4.45. The van der Waals surface area contributed by atoms with Gasteiger partial charge in [-0.2, -0.15) is 5.10 Å². The first kappa shape index (κ1) is 12.3. The van der Waals surface area contributed by atoms with E-state index in [1.54, 1.807) is 6.20 Å². The van der Waals surface area contributed by atoms with Crippen molar-refractivity contribution in [3.8, 4) is 0 Å². The van der Waals surface area contributed by atoms with Gasteiger partial charge in [0.2, 0.25) is 0 Å². The van der Waals surface area contributed by atoms with Crippen LogP contribution in [-0.4, -0.2) is 15.7 Å². The van der Waals surface area contributed by atoms with Gasteiger partial charge in [-0.15, -0.1) is 0 Å². The average molecular weight is 262 g/mol. The predicted molar refractivity (Wildman–Crippen MR) is 80.4 cm³/mol. The molecule has 3 aromatic rings. The lowest BCUT2D eigenvalue weighted by Crippen LogP contribution is -2.10. The van der Waals surface area contributed by atoms with Crippen LogP contribution >= 0.6 is 0 Å². The molecular weight excluding hydrogens is 248 g/mol. The third-order valence-electron chi connectivity index (χ3n) is 3.21. The number of benzene rings is 1. The molecule has 0 spiro atoms. The Labute approximate surface area is 117 Å². The smallest absolute Gasteiger partial charge is 0.0900 e. The highest BCUT2D eigenvalue weighted by Gasteiger charge is 2.08. The van der Waals surface area contributed by atoms with Crippen LogP contribution in [0.25, 0.3) is 10.9 Å². The molecule has 0 saturated heterocycles. The molecule has 20 heavy (non-hydrogen) atoms. The van der Waals surface area contributed by atoms with E-state index in [1.165, 1.54) is 0 Å². The molecule has 0 radical (unpaired) electrons. The number of nitrogens with zero attached hydrogens (tertiary/aromatic N) is 3. The molecule has 2 N–H and O–H groups in total. The van der Waals surface area contributed by atoms with E-state index in [9.17, 15) is 0 Å². The van der Waals surface area contributed by atoms with Gasteiger partial charge in [0.05, 0.1) is 16.9 Å². The predicted octanol–water partition coefficient (Wildman–Crippen LogP) is 2.54. The third-order valence-corrected chi connectivity index (χ3v) is 3.21. The fourth-order valence-corrected chi connectivity index (χ4v) is 2.23. The summed E-state index contributed by atoms with van der Waals surface area (Å²) in [6.07, 6.45) is 4.19. The molecule has 98 valence electrons. The van der Waals surface area contributed by atoms with Gasteiger partial charge in [-0.3, -0.25) is 9.97 Å². The van der Waals surface area contributed by atoms with Gasteiger partial charge in [0.1, 0.15) is 0 Å². The number of fused-ring (bicyclic) bond motifs is 1. The lowest BCUT2D eigenvalue weighted by molar-refractivity contribution is 1.16. The number of aromatic nitrogens is 2. The Kier molecular flexibility index (Phi) is 3.37. The fourth-order valence-electron chi connectivity index (χ4n) is 2.23. The van der Waals surface area contributed by atoms with Crippen molar-refractivity contribution < 1.29 is 0 Å². The SMILES string of the molecule is N/N=C(/Cc1ccnc2ccccc12)c1ccccn1. The minimum absolute atomic E-state index is 0.635. The molecule has 0 fully saturated rings. The molecule has 0 saturated carbocycles. The zero-order chi connectivity index (χ0) is 13.8. The number of rotatable bonds is 3. The summed E-state index contributed by atoms with van der Waals surface area (Å²) < 4.78 is 0. The van der Waals surface area contributed by atoms with Crippen molar-refractivity contribution in [1.82, 2.24) is 9.97 Å². The van der Waals surface area contributed by atoms with Gasteiger partial charge in [0.25, 0.3) is 0 Å². The Bertz CT molecular complexity index is 745. The monoisotopic (exact) mass is 262 g/mol. The number of hydrogen-bond acceptors (Lipinski definition) is 4. The van der Waals surface area contributed by atoms with E-state index in [4.69, 9.17) is 5.84 Å². The van der Waals surface area contributed by atoms with Gasteiger partial charge in [-0.25, -0.2) is 0 Å². The topological polar surface area (TPSA) is 64.2 Å². The van der Waals surface area contributed by atoms with Gasteiger partial charge in [-0.1, -0.05) is 24.3 Å². The molecule has 2 aromatic heterocycles. The average Bonchev–Trinajstić information content (AvgIpc) is 2.53. The van der Waals surface area contributed by atoms with Crippen molar-refractivity contribution in [2.75, 3.05) is 0 Å². The lowest BCUT2D eigenvalue weighted by Gasteiger charge is -2.07. The van der Waals surface area contributed by atoms with Crippen LogP contribution in [0.3, 0.4) is 0 Å². The van der Waals surface area contributed by atoms with Gasteiger partial charge < -0.3 is 5.84 Å². The molecule has 2 heterocycles. The maximum Gasteiger partial charge on any atom is 0.0900 e. The molecule has 0 aliphatic heterocycles. The molecule has 4 heteroatoms. The minimum Gasteiger partial charge on any atom is -0.323 e. The maximum absolute atomic E-state index is 5.53. The van der Waals surface area contributed by atoms with E-state index in [0.717, 1.165) is 27.9 Å². The van der Waals surface area contributed by atoms with Crippen LogP contribution in [0.2, 0.25) is 0 Å². The van der Waals surface area contributed by atoms with Crippen molar-refractivity contribution in [3.63, 3.8) is 0 Å². The number of hydrogen-bond donors (Lipinski definition) is 1. The summed E-state index contributed by atoms with van der Waals surface area (Å²) in [7, 11) is 0. The van der Waals surface area contributed by atoms with Crippen molar-refractivity contribution >= 4 is 16.6 Å². The van der Waals surface area contributed by atoms with Crippen LogP contribution < -0.4 is 5.84 Å². The Balaban J connectivity index is 2.01. The van der Waals surface area contributed by atoms with Gasteiger partial charge in [-0.05, 0) is 29.8 Å². The summed E-state index contributed by atoms with van der Waals surface area (Å²) in [5.74, 6) is 5.53. The zero-order valence-corrected chi connectivity index (χ0v) is 10.9. The molecule has 4 nitrogen and oxygen atoms in total. The van der Waals surface area contributed by atoms with Crippen LogP contribution in [0.4, 0.5) is 0 Å². The highest BCUT2D eigenvalue weighted by Crippen LogP contribution is 2.18. The standard InChI is InChI=1S/C16H14N4/c17-20-16(15-7-3-4-9-18-15)11-12-8-10-19-14-6-2-1-5-13(12)14/h1-10H,11,17H2/b20-16-. The van der Waals surface area contributed by atoms with E-state index in [-0.39, 0.29) is 0 Å². The summed E-state index contributed by atoms with van der Waals surface area (Å²) in [5, 5.41) is 5.01. The van der Waals surface area contributed by atoms with Crippen LogP contribution in [0, 0.1) is 0 Å². The highest BCUT2D eigenvalue weighted by atomic mass is 15.1. The van der Waals surface area contributed by atoms with Crippen molar-refractivity contribution in [1.29, 1.82) is 0 Å². The Morgan fingerprint density at radius 3 is 2.60 bits per heavy atom. The minimum atomic E-state index is 0.635. The first-order valence-corrected chi connectivity index (χ1v) is 6.39. The van der Waals surface area contributed by atoms with Crippen LogP contribution in [0.5, 0.6) is 0 Å². The van der Waals surface area contributed by atoms with Gasteiger partial charge >= 0.3 is 0 Å². The molecular formula is C16H14N4. The molecule has 3 rings (SSSR count). The van der Waals surface area contributed by atoms with Crippen molar-refractivity contribution in [3.05, 3.63) is 72.2 Å². The molecule has 0 amide bonds. The van der Waals surface area contributed by atoms with Crippen LogP contribution in [-0.2, 0) is 6.42 Å². The summed E-state index contributed by atoms with van der Waals surface area (Å²) >= 11 is 0. The van der Waals surface area contributed by atoms with Crippen LogP contribution in [0.1, 0.15) is 11.3 Å². The molecule has 1 aromatic carbocycles. The zero-order valence-electron chi connectivity index (χ0n) is 10.9. The second-order valence-electron chi connectivity index (χ2n) is 4.45. The Morgan fingerprint density at radius 1 is 0.950 bits per heavy atom. The molecule has 0 bridgehead atoms. The van der Waals surface area contributed by atoms with E-state index in [0.29, 0.717) is 6.42 Å². The number of nitrogens with two attached hydrogens (primary N) is 1. The number of hydrazone groups is 1. The highest BCUT2D eigenvalue weighted by molar-refractivity contribution is 6.01. The maximum atomic E-state index is 5.53. The van der Waals surface area contributed by atoms with Gasteiger partial charge in [0, 0.05) is 24.2 Å². The summed E-state index contributed by atoms with van der Waals surface area (Å²) in [5.41, 5.74) is 3.69. The number of para-hydroxylation sites is 1. The van der Waals surface area contributed by atoms with E-state index < -0.39 is 0 Å². The van der Waals surface area contributed by atoms with E-state index in [2.05, 4.69) is 21.1 Å². The van der Waals surface area contributed by atoms with E-state index >= 15 is 0 Å². The summed E-state index contributed by atoms with van der Waals surface area (Å²) in [4.78, 5) is 8.66. The number of pyridine rings is 2.